The molecule has 1 fully saturated rings. The highest BCUT2D eigenvalue weighted by Crippen LogP contribution is 2.33. The van der Waals surface area contributed by atoms with Crippen molar-refractivity contribution in [1.82, 2.24) is 0 Å². The van der Waals surface area contributed by atoms with Gasteiger partial charge in [0.25, 0.3) is 0 Å². The van der Waals surface area contributed by atoms with Crippen LogP contribution in [0.5, 0.6) is 0 Å². The molecule has 0 N–H and O–H groups in total. The largest absolute Gasteiger partial charge is 0.205 e. The molecule has 1 nitrogen and oxygen atoms in total. The molecule has 0 bridgehead atoms. The van der Waals surface area contributed by atoms with Crippen molar-refractivity contribution in [2.45, 2.75) is 51.9 Å². The lowest BCUT2D eigenvalue weighted by molar-refractivity contribution is 0.259. The van der Waals surface area contributed by atoms with Gasteiger partial charge in [-0.05, 0) is 53.5 Å². The van der Waals surface area contributed by atoms with E-state index in [-0.39, 0.29) is 0 Å². The fraction of sp³-hybridized carbons (Fsp3) is 0.435. The zero-order valence-electron chi connectivity index (χ0n) is 15.3. The van der Waals surface area contributed by atoms with Crippen LogP contribution in [0.25, 0.3) is 11.1 Å². The molecule has 0 aliphatic heterocycles. The van der Waals surface area contributed by atoms with Gasteiger partial charge in [-0.3, -0.25) is 0 Å². The van der Waals surface area contributed by atoms with Crippen molar-refractivity contribution in [3.63, 3.8) is 0 Å². The van der Waals surface area contributed by atoms with E-state index >= 15 is 0 Å². The van der Waals surface area contributed by atoms with Crippen LogP contribution in [0.3, 0.4) is 0 Å². The number of nitriles is 1. The molecule has 0 atom stereocenters. The van der Waals surface area contributed by atoms with Gasteiger partial charge in [0.2, 0.25) is 0 Å². The van der Waals surface area contributed by atoms with Gasteiger partial charge in [-0.1, -0.05) is 63.3 Å². The predicted molar refractivity (Wildman–Crippen MR) is 101 cm³/mol. The molecular weight excluding hydrogens is 328 g/mol. The van der Waals surface area contributed by atoms with E-state index in [2.05, 4.69) is 6.92 Å². The zero-order valence-corrected chi connectivity index (χ0v) is 15.3. The Labute approximate surface area is 154 Å². The fourth-order valence-electron chi connectivity index (χ4n) is 4.01. The van der Waals surface area contributed by atoms with E-state index in [9.17, 15) is 8.78 Å². The number of hydrogen-bond acceptors (Lipinski definition) is 1. The van der Waals surface area contributed by atoms with Gasteiger partial charge in [0.1, 0.15) is 23.3 Å². The van der Waals surface area contributed by atoms with Crippen LogP contribution in [0.1, 0.15) is 56.6 Å². The highest BCUT2D eigenvalue weighted by Gasteiger charge is 2.19. The molecule has 0 heterocycles. The monoisotopic (exact) mass is 353 g/mol. The van der Waals surface area contributed by atoms with Crippen LogP contribution in [0, 0.1) is 34.8 Å². The van der Waals surface area contributed by atoms with Gasteiger partial charge < -0.3 is 0 Å². The van der Waals surface area contributed by atoms with Gasteiger partial charge in [0, 0.05) is 0 Å². The number of aryl methyl sites for hydroxylation is 1. The Morgan fingerprint density at radius 2 is 1.50 bits per heavy atom. The molecular formula is C23H25F2N. The summed E-state index contributed by atoms with van der Waals surface area (Å²) in [5.74, 6) is 0.140. The van der Waals surface area contributed by atoms with Crippen molar-refractivity contribution in [2.24, 2.45) is 11.8 Å². The second-order valence-electron chi connectivity index (χ2n) is 7.46. The third-order valence-corrected chi connectivity index (χ3v) is 5.83. The first-order valence-corrected chi connectivity index (χ1v) is 9.59. The molecule has 0 spiro atoms. The summed E-state index contributed by atoms with van der Waals surface area (Å²) in [5, 5.41) is 8.76. The normalized spacial score (nSPS) is 19.9. The molecule has 0 saturated heterocycles. The van der Waals surface area contributed by atoms with Gasteiger partial charge in [-0.25, -0.2) is 8.78 Å². The number of nitrogens with zero attached hydrogens (tertiary/aromatic N) is 1. The molecule has 3 heteroatoms. The molecule has 0 radical (unpaired) electrons. The van der Waals surface area contributed by atoms with Crippen LogP contribution in [0.15, 0.2) is 36.4 Å². The van der Waals surface area contributed by atoms with Gasteiger partial charge in [-0.2, -0.15) is 5.26 Å². The summed E-state index contributed by atoms with van der Waals surface area (Å²) in [4.78, 5) is 0. The Balaban J connectivity index is 1.61. The maximum atomic E-state index is 13.8. The summed E-state index contributed by atoms with van der Waals surface area (Å²) in [6.07, 6.45) is 9.02. The number of rotatable bonds is 5. The molecule has 3 rings (SSSR count). The molecule has 0 amide bonds. The van der Waals surface area contributed by atoms with E-state index in [1.165, 1.54) is 56.2 Å². The second kappa shape index (κ2) is 8.45. The lowest BCUT2D eigenvalue weighted by Gasteiger charge is -2.27. The maximum Gasteiger partial charge on any atom is 0.144 e. The van der Waals surface area contributed by atoms with Crippen molar-refractivity contribution in [3.05, 3.63) is 59.2 Å². The van der Waals surface area contributed by atoms with Crippen LogP contribution in [0.2, 0.25) is 0 Å². The third kappa shape index (κ3) is 4.30. The van der Waals surface area contributed by atoms with Crippen LogP contribution in [0.4, 0.5) is 8.78 Å². The summed E-state index contributed by atoms with van der Waals surface area (Å²) >= 11 is 0. The van der Waals surface area contributed by atoms with Crippen LogP contribution >= 0.6 is 0 Å². The molecule has 136 valence electrons. The third-order valence-electron chi connectivity index (χ3n) is 5.83. The summed E-state index contributed by atoms with van der Waals surface area (Å²) in [6.45, 7) is 2.29. The Kier molecular flexibility index (Phi) is 6.04. The lowest BCUT2D eigenvalue weighted by Crippen LogP contribution is -2.14. The Morgan fingerprint density at radius 1 is 0.923 bits per heavy atom. The van der Waals surface area contributed by atoms with Crippen LogP contribution in [-0.4, -0.2) is 0 Å². The first-order valence-electron chi connectivity index (χ1n) is 9.59. The highest BCUT2D eigenvalue weighted by atomic mass is 19.1. The van der Waals surface area contributed by atoms with E-state index in [1.807, 2.05) is 24.3 Å². The number of hydrogen-bond donors (Lipinski definition) is 0. The first kappa shape index (κ1) is 18.6. The first-order chi connectivity index (χ1) is 12.6. The smallest absolute Gasteiger partial charge is 0.144 e. The Hall–Kier alpha value is -2.21. The molecule has 1 aliphatic carbocycles. The summed E-state index contributed by atoms with van der Waals surface area (Å²) in [7, 11) is 0. The molecule has 2 aromatic carbocycles. The van der Waals surface area contributed by atoms with Crippen molar-refractivity contribution in [2.75, 3.05) is 0 Å². The molecule has 0 unspecified atom stereocenters. The van der Waals surface area contributed by atoms with E-state index in [0.29, 0.717) is 5.56 Å². The van der Waals surface area contributed by atoms with E-state index in [1.54, 1.807) is 6.07 Å². The van der Waals surface area contributed by atoms with E-state index in [4.69, 9.17) is 5.26 Å². The van der Waals surface area contributed by atoms with Crippen LogP contribution in [-0.2, 0) is 6.42 Å². The molecule has 26 heavy (non-hydrogen) atoms. The quantitative estimate of drug-likeness (QED) is 0.590. The minimum absolute atomic E-state index is 0.462. The summed E-state index contributed by atoms with van der Waals surface area (Å²) in [5.41, 5.74) is 1.96. The Morgan fingerprint density at radius 3 is 2.04 bits per heavy atom. The number of halogens is 2. The summed E-state index contributed by atoms with van der Waals surface area (Å²) in [6, 6.07) is 11.9. The minimum atomic E-state index is -0.811. The Bertz CT molecular complexity index is 758. The highest BCUT2D eigenvalue weighted by molar-refractivity contribution is 5.65. The van der Waals surface area contributed by atoms with Crippen molar-refractivity contribution in [1.29, 1.82) is 5.26 Å². The molecule has 1 saturated carbocycles. The van der Waals surface area contributed by atoms with Gasteiger partial charge in [-0.15, -0.1) is 0 Å². The minimum Gasteiger partial charge on any atom is -0.205 e. The zero-order chi connectivity index (χ0) is 18.5. The average Bonchev–Trinajstić information content (AvgIpc) is 2.67. The number of benzene rings is 2. The van der Waals surface area contributed by atoms with Gasteiger partial charge >= 0.3 is 0 Å². The van der Waals surface area contributed by atoms with Crippen molar-refractivity contribution in [3.8, 4) is 17.2 Å². The molecule has 2 aromatic rings. The van der Waals surface area contributed by atoms with Gasteiger partial charge in [0.15, 0.2) is 0 Å². The molecule has 1 aliphatic rings. The van der Waals surface area contributed by atoms with Crippen molar-refractivity contribution < 1.29 is 8.78 Å². The van der Waals surface area contributed by atoms with Crippen molar-refractivity contribution >= 4 is 0 Å². The van der Waals surface area contributed by atoms with E-state index < -0.39 is 17.2 Å². The SMILES string of the molecule is CCC1CCC(CCc2ccc(-c3cc(F)c(C#N)c(F)c3)cc2)CC1. The lowest BCUT2D eigenvalue weighted by atomic mass is 9.78. The fourth-order valence-corrected chi connectivity index (χ4v) is 4.01. The molecule has 0 aromatic heterocycles. The standard InChI is InChI=1S/C23H25F2N/c1-2-16-3-5-17(6-4-16)7-8-18-9-11-19(12-10-18)20-13-22(24)21(15-26)23(25)14-20/h9-14,16-17H,2-8H2,1H3. The topological polar surface area (TPSA) is 23.8 Å². The van der Waals surface area contributed by atoms with Crippen LogP contribution < -0.4 is 0 Å². The predicted octanol–water partition coefficient (Wildman–Crippen LogP) is 6.65. The summed E-state index contributed by atoms with van der Waals surface area (Å²) < 4.78 is 27.6. The maximum absolute atomic E-state index is 13.8. The average molecular weight is 353 g/mol. The second-order valence-corrected chi connectivity index (χ2v) is 7.46. The van der Waals surface area contributed by atoms with Gasteiger partial charge in [0.05, 0.1) is 0 Å². The van der Waals surface area contributed by atoms with E-state index in [0.717, 1.165) is 23.8 Å².